The van der Waals surface area contributed by atoms with Crippen LogP contribution in [-0.4, -0.2) is 33.8 Å². The van der Waals surface area contributed by atoms with E-state index in [9.17, 15) is 8.42 Å². The average Bonchev–Trinajstić information content (AvgIpc) is 3.40. The van der Waals surface area contributed by atoms with E-state index in [0.717, 1.165) is 11.1 Å². The molecule has 1 aliphatic heterocycles. The first-order chi connectivity index (χ1) is 11.5. The summed E-state index contributed by atoms with van der Waals surface area (Å²) in [5, 5.41) is 0. The van der Waals surface area contributed by atoms with E-state index in [1.165, 1.54) is 0 Å². The van der Waals surface area contributed by atoms with Gasteiger partial charge in [-0.15, -0.1) is 0 Å². The van der Waals surface area contributed by atoms with Crippen LogP contribution in [0.15, 0.2) is 59.5 Å². The van der Waals surface area contributed by atoms with Crippen LogP contribution in [0.5, 0.6) is 0 Å². The van der Waals surface area contributed by atoms with Crippen LogP contribution >= 0.6 is 0 Å². The van der Waals surface area contributed by atoms with E-state index in [0.29, 0.717) is 13.2 Å². The average molecular weight is 347 g/mol. The van der Waals surface area contributed by atoms with Crippen LogP contribution < -0.4 is 4.72 Å². The van der Waals surface area contributed by atoms with Crippen LogP contribution in [0.4, 0.5) is 0 Å². The number of hydrogen-bond donors (Lipinski definition) is 1. The van der Waals surface area contributed by atoms with E-state index in [4.69, 9.17) is 9.47 Å². The van der Waals surface area contributed by atoms with Crippen molar-refractivity contribution in [3.8, 4) is 0 Å². The zero-order valence-corrected chi connectivity index (χ0v) is 14.3. The molecule has 1 saturated heterocycles. The minimum atomic E-state index is -3.59. The Morgan fingerprint density at radius 2 is 1.83 bits per heavy atom. The number of ether oxygens (including phenoxy) is 2. The number of epoxide rings is 1. The third-order valence-electron chi connectivity index (χ3n) is 3.85. The Morgan fingerprint density at radius 3 is 2.46 bits per heavy atom. The van der Waals surface area contributed by atoms with E-state index < -0.39 is 10.0 Å². The van der Waals surface area contributed by atoms with Gasteiger partial charge in [-0.3, -0.25) is 0 Å². The van der Waals surface area contributed by atoms with Crippen molar-refractivity contribution in [3.63, 3.8) is 0 Å². The smallest absolute Gasteiger partial charge is 0.240 e. The summed E-state index contributed by atoms with van der Waals surface area (Å²) in [5.41, 5.74) is 2.07. The maximum absolute atomic E-state index is 12.5. The SMILES string of the molecule is Cc1ccc(S(=O)(=O)N[C@H](COCc2ccccc2)[C@@H]2CO2)cc1. The molecule has 0 bridgehead atoms. The van der Waals surface area contributed by atoms with Gasteiger partial charge in [-0.25, -0.2) is 13.1 Å². The van der Waals surface area contributed by atoms with Crippen LogP contribution in [0.2, 0.25) is 0 Å². The lowest BCUT2D eigenvalue weighted by Gasteiger charge is -2.17. The largest absolute Gasteiger partial charge is 0.375 e. The molecule has 128 valence electrons. The van der Waals surface area contributed by atoms with Crippen molar-refractivity contribution in [1.29, 1.82) is 0 Å². The summed E-state index contributed by atoms with van der Waals surface area (Å²) in [5.74, 6) is 0. The van der Waals surface area contributed by atoms with Crippen molar-refractivity contribution in [2.75, 3.05) is 13.2 Å². The second kappa shape index (κ2) is 7.44. The fourth-order valence-corrected chi connectivity index (χ4v) is 3.62. The van der Waals surface area contributed by atoms with Gasteiger partial charge in [-0.2, -0.15) is 0 Å². The molecule has 2 aromatic rings. The van der Waals surface area contributed by atoms with Gasteiger partial charge in [0.15, 0.2) is 0 Å². The molecule has 0 aliphatic carbocycles. The van der Waals surface area contributed by atoms with E-state index >= 15 is 0 Å². The monoisotopic (exact) mass is 347 g/mol. The van der Waals surface area contributed by atoms with Gasteiger partial charge in [0.1, 0.15) is 0 Å². The number of nitrogens with one attached hydrogen (secondary N) is 1. The van der Waals surface area contributed by atoms with Crippen molar-refractivity contribution >= 4 is 10.0 Å². The number of rotatable bonds is 8. The Labute approximate surface area is 142 Å². The molecule has 0 unspecified atom stereocenters. The summed E-state index contributed by atoms with van der Waals surface area (Å²) in [7, 11) is -3.59. The molecule has 0 aromatic heterocycles. The maximum atomic E-state index is 12.5. The van der Waals surface area contributed by atoms with Crippen molar-refractivity contribution < 1.29 is 17.9 Å². The minimum Gasteiger partial charge on any atom is -0.375 e. The van der Waals surface area contributed by atoms with Crippen molar-refractivity contribution in [2.24, 2.45) is 0 Å². The fraction of sp³-hybridized carbons (Fsp3) is 0.333. The molecule has 5 nitrogen and oxygen atoms in total. The summed E-state index contributed by atoms with van der Waals surface area (Å²) >= 11 is 0. The van der Waals surface area contributed by atoms with Crippen LogP contribution in [0.3, 0.4) is 0 Å². The molecule has 0 radical (unpaired) electrons. The molecular formula is C18H21NO4S. The van der Waals surface area contributed by atoms with Gasteiger partial charge in [-0.1, -0.05) is 48.0 Å². The molecule has 3 rings (SSSR count). The molecule has 0 spiro atoms. The molecule has 2 aromatic carbocycles. The highest BCUT2D eigenvalue weighted by molar-refractivity contribution is 7.89. The van der Waals surface area contributed by atoms with Crippen LogP contribution in [0.1, 0.15) is 11.1 Å². The van der Waals surface area contributed by atoms with Gasteiger partial charge in [0.2, 0.25) is 10.0 Å². The van der Waals surface area contributed by atoms with E-state index in [-0.39, 0.29) is 23.6 Å². The molecule has 6 heteroatoms. The summed E-state index contributed by atoms with van der Waals surface area (Å²) < 4.78 is 38.6. The second-order valence-corrected chi connectivity index (χ2v) is 7.63. The van der Waals surface area contributed by atoms with Crippen LogP contribution in [0.25, 0.3) is 0 Å². The van der Waals surface area contributed by atoms with Gasteiger partial charge in [0.05, 0.1) is 36.9 Å². The topological polar surface area (TPSA) is 67.9 Å². The number of aryl methyl sites for hydroxylation is 1. The van der Waals surface area contributed by atoms with Gasteiger partial charge in [-0.05, 0) is 24.6 Å². The standard InChI is InChI=1S/C18H21NO4S/c1-14-7-9-16(10-8-14)24(20,21)19-17(18-13-23-18)12-22-11-15-5-3-2-4-6-15/h2-10,17-19H,11-13H2,1H3/t17-,18+/m1/s1. The number of sulfonamides is 1. The Bertz CT molecular complexity index is 755. The molecule has 1 aliphatic rings. The molecular weight excluding hydrogens is 326 g/mol. The summed E-state index contributed by atoms with van der Waals surface area (Å²) in [6.07, 6.45) is -0.124. The molecule has 1 fully saturated rings. The predicted octanol–water partition coefficient (Wildman–Crippen LogP) is 2.26. The van der Waals surface area contributed by atoms with E-state index in [1.807, 2.05) is 37.3 Å². The normalized spacial score (nSPS) is 18.3. The minimum absolute atomic E-state index is 0.124. The third kappa shape index (κ3) is 4.64. The molecule has 24 heavy (non-hydrogen) atoms. The van der Waals surface area contributed by atoms with Crippen LogP contribution in [0, 0.1) is 6.92 Å². The lowest BCUT2D eigenvalue weighted by Crippen LogP contribution is -2.42. The second-order valence-electron chi connectivity index (χ2n) is 5.91. The number of benzene rings is 2. The number of hydrogen-bond acceptors (Lipinski definition) is 4. The fourth-order valence-electron chi connectivity index (χ4n) is 2.37. The zero-order valence-electron chi connectivity index (χ0n) is 13.5. The highest BCUT2D eigenvalue weighted by atomic mass is 32.2. The quantitative estimate of drug-likeness (QED) is 0.744. The predicted molar refractivity (Wildman–Crippen MR) is 91.1 cm³/mol. The lowest BCUT2D eigenvalue weighted by molar-refractivity contribution is 0.0961. The molecule has 0 saturated carbocycles. The van der Waals surface area contributed by atoms with Crippen LogP contribution in [-0.2, 0) is 26.1 Å². The highest BCUT2D eigenvalue weighted by Gasteiger charge is 2.36. The summed E-state index contributed by atoms with van der Waals surface area (Å²) in [4.78, 5) is 0.252. The third-order valence-corrected chi connectivity index (χ3v) is 5.36. The molecule has 1 heterocycles. The Balaban J connectivity index is 1.60. The van der Waals surface area contributed by atoms with Crippen molar-refractivity contribution in [2.45, 2.75) is 30.6 Å². The summed E-state index contributed by atoms with van der Waals surface area (Å²) in [6, 6.07) is 16.2. The van der Waals surface area contributed by atoms with Crippen molar-refractivity contribution in [1.82, 2.24) is 4.72 Å². The van der Waals surface area contributed by atoms with Gasteiger partial charge >= 0.3 is 0 Å². The first kappa shape index (κ1) is 17.1. The van der Waals surface area contributed by atoms with E-state index in [1.54, 1.807) is 24.3 Å². The van der Waals surface area contributed by atoms with Gasteiger partial charge < -0.3 is 9.47 Å². The molecule has 1 N–H and O–H groups in total. The molecule has 0 amide bonds. The maximum Gasteiger partial charge on any atom is 0.240 e. The lowest BCUT2D eigenvalue weighted by atomic mass is 10.2. The Morgan fingerprint density at radius 1 is 1.17 bits per heavy atom. The zero-order chi connectivity index (χ0) is 17.0. The summed E-state index contributed by atoms with van der Waals surface area (Å²) in [6.45, 7) is 3.18. The van der Waals surface area contributed by atoms with Gasteiger partial charge in [0.25, 0.3) is 0 Å². The highest BCUT2D eigenvalue weighted by Crippen LogP contribution is 2.18. The van der Waals surface area contributed by atoms with E-state index in [2.05, 4.69) is 4.72 Å². The Kier molecular flexibility index (Phi) is 5.30. The first-order valence-corrected chi connectivity index (χ1v) is 9.35. The van der Waals surface area contributed by atoms with Crippen molar-refractivity contribution in [3.05, 3.63) is 65.7 Å². The van der Waals surface area contributed by atoms with Gasteiger partial charge in [0, 0.05) is 0 Å². The Hall–Kier alpha value is -1.73. The first-order valence-electron chi connectivity index (χ1n) is 7.87. The molecule has 2 atom stereocenters.